The highest BCUT2D eigenvalue weighted by Gasteiger charge is 2.06. The fourth-order valence-corrected chi connectivity index (χ4v) is 1.72. The normalized spacial score (nSPS) is 13.8. The van der Waals surface area contributed by atoms with Crippen LogP contribution < -0.4 is 0 Å². The van der Waals surface area contributed by atoms with Crippen molar-refractivity contribution in [2.24, 2.45) is 0 Å². The molecule has 0 amide bonds. The standard InChI is InChI=1S/C9H13O2P/c1-2-9(12-11)7-4-3-5-8(10)6-7/h3-6,9-10H,2,12H2,1H3. The van der Waals surface area contributed by atoms with E-state index in [2.05, 4.69) is 0 Å². The Morgan fingerprint density at radius 1 is 1.58 bits per heavy atom. The first kappa shape index (κ1) is 9.34. The maximum Gasteiger partial charge on any atom is 0.115 e. The third-order valence-electron chi connectivity index (χ3n) is 1.90. The zero-order chi connectivity index (χ0) is 8.97. The van der Waals surface area contributed by atoms with Crippen molar-refractivity contribution in [3.05, 3.63) is 29.8 Å². The topological polar surface area (TPSA) is 37.3 Å². The van der Waals surface area contributed by atoms with Gasteiger partial charge in [0.2, 0.25) is 0 Å². The van der Waals surface area contributed by atoms with Crippen LogP contribution in [0.2, 0.25) is 0 Å². The molecular weight excluding hydrogens is 171 g/mol. The lowest BCUT2D eigenvalue weighted by Gasteiger charge is -2.07. The summed E-state index contributed by atoms with van der Waals surface area (Å²) in [4.78, 5) is 0. The van der Waals surface area contributed by atoms with E-state index < -0.39 is 8.46 Å². The molecule has 0 bridgehead atoms. The molecule has 1 rings (SSSR count). The quantitative estimate of drug-likeness (QED) is 0.733. The maximum atomic E-state index is 10.8. The van der Waals surface area contributed by atoms with Crippen molar-refractivity contribution in [1.82, 2.24) is 0 Å². The lowest BCUT2D eigenvalue weighted by atomic mass is 10.1. The van der Waals surface area contributed by atoms with Gasteiger partial charge < -0.3 is 9.67 Å². The molecule has 0 aliphatic heterocycles. The summed E-state index contributed by atoms with van der Waals surface area (Å²) in [5.41, 5.74) is 1.10. The Balaban J connectivity index is 2.93. The van der Waals surface area contributed by atoms with Crippen LogP contribution in [0.15, 0.2) is 24.3 Å². The zero-order valence-corrected chi connectivity index (χ0v) is 8.18. The molecule has 2 atom stereocenters. The van der Waals surface area contributed by atoms with Crippen molar-refractivity contribution in [3.63, 3.8) is 0 Å². The van der Waals surface area contributed by atoms with E-state index in [4.69, 9.17) is 5.11 Å². The molecule has 0 aliphatic rings. The van der Waals surface area contributed by atoms with Crippen LogP contribution in [0, 0.1) is 0 Å². The van der Waals surface area contributed by atoms with Crippen molar-refractivity contribution >= 4 is 8.46 Å². The van der Waals surface area contributed by atoms with Gasteiger partial charge in [-0.3, -0.25) is 0 Å². The van der Waals surface area contributed by atoms with Crippen molar-refractivity contribution in [2.75, 3.05) is 0 Å². The smallest absolute Gasteiger partial charge is 0.115 e. The second kappa shape index (κ2) is 4.32. The minimum absolute atomic E-state index is 0.122. The molecule has 66 valence electrons. The Kier molecular flexibility index (Phi) is 3.36. The van der Waals surface area contributed by atoms with Crippen LogP contribution >= 0.6 is 8.46 Å². The molecule has 0 aliphatic carbocycles. The number of phenols is 1. The van der Waals surface area contributed by atoms with E-state index in [-0.39, 0.29) is 11.4 Å². The molecule has 0 heterocycles. The number of hydrogen-bond donors (Lipinski definition) is 1. The van der Waals surface area contributed by atoms with Gasteiger partial charge in [-0.05, 0) is 24.1 Å². The van der Waals surface area contributed by atoms with Gasteiger partial charge in [-0.25, -0.2) is 0 Å². The Morgan fingerprint density at radius 2 is 2.33 bits per heavy atom. The highest BCUT2D eigenvalue weighted by atomic mass is 31.1. The molecule has 1 aromatic rings. The summed E-state index contributed by atoms with van der Waals surface area (Å²) in [6, 6.07) is 6.98. The van der Waals surface area contributed by atoms with Crippen LogP contribution in [0.5, 0.6) is 5.75 Å². The number of benzene rings is 1. The lowest BCUT2D eigenvalue weighted by Crippen LogP contribution is -1.86. The first-order valence-electron chi connectivity index (χ1n) is 4.02. The zero-order valence-electron chi connectivity index (χ0n) is 7.03. The molecular formula is C9H13O2P. The van der Waals surface area contributed by atoms with E-state index in [0.29, 0.717) is 0 Å². The first-order chi connectivity index (χ1) is 5.77. The summed E-state index contributed by atoms with van der Waals surface area (Å²) < 4.78 is 10.8. The van der Waals surface area contributed by atoms with Crippen molar-refractivity contribution in [1.29, 1.82) is 0 Å². The number of aromatic hydroxyl groups is 1. The van der Waals surface area contributed by atoms with Gasteiger partial charge >= 0.3 is 0 Å². The Hall–Kier alpha value is -0.750. The monoisotopic (exact) mass is 184 g/mol. The molecule has 0 saturated carbocycles. The van der Waals surface area contributed by atoms with Gasteiger partial charge in [-0.1, -0.05) is 19.1 Å². The third kappa shape index (κ3) is 2.12. The van der Waals surface area contributed by atoms with Gasteiger partial charge in [0.1, 0.15) is 5.75 Å². The minimum atomic E-state index is -0.793. The largest absolute Gasteiger partial charge is 0.508 e. The third-order valence-corrected chi connectivity index (χ3v) is 3.09. The summed E-state index contributed by atoms with van der Waals surface area (Å²) in [7, 11) is -0.793. The molecule has 0 aromatic heterocycles. The predicted molar refractivity (Wildman–Crippen MR) is 51.5 cm³/mol. The van der Waals surface area contributed by atoms with Gasteiger partial charge in [0.15, 0.2) is 0 Å². The van der Waals surface area contributed by atoms with Gasteiger partial charge in [0.25, 0.3) is 0 Å². The Labute approximate surface area is 73.4 Å². The molecule has 3 heteroatoms. The van der Waals surface area contributed by atoms with Crippen LogP contribution in [0.1, 0.15) is 24.6 Å². The summed E-state index contributed by atoms with van der Waals surface area (Å²) in [6.45, 7) is 2.00. The van der Waals surface area contributed by atoms with Crippen LogP contribution in [0.25, 0.3) is 0 Å². The summed E-state index contributed by atoms with van der Waals surface area (Å²) in [5, 5.41) is 9.16. The SMILES string of the molecule is CCC([PH2]=O)c1cccc(O)c1. The van der Waals surface area contributed by atoms with Gasteiger partial charge in [-0.15, -0.1) is 0 Å². The molecule has 2 nitrogen and oxygen atoms in total. The summed E-state index contributed by atoms with van der Waals surface area (Å²) in [6.07, 6.45) is 0.863. The predicted octanol–water partition coefficient (Wildman–Crippen LogP) is 2.60. The Morgan fingerprint density at radius 3 is 2.83 bits per heavy atom. The van der Waals surface area contributed by atoms with E-state index in [1.165, 1.54) is 0 Å². The molecule has 1 N–H and O–H groups in total. The summed E-state index contributed by atoms with van der Waals surface area (Å²) in [5.74, 6) is 0.249. The fourth-order valence-electron chi connectivity index (χ4n) is 1.17. The minimum Gasteiger partial charge on any atom is -0.508 e. The van der Waals surface area contributed by atoms with Crippen LogP contribution in [0.4, 0.5) is 0 Å². The molecule has 0 saturated heterocycles. The second-order valence-electron chi connectivity index (χ2n) is 2.75. The fraction of sp³-hybridized carbons (Fsp3) is 0.333. The van der Waals surface area contributed by atoms with Crippen LogP contribution in [-0.2, 0) is 4.57 Å². The van der Waals surface area contributed by atoms with Crippen LogP contribution in [-0.4, -0.2) is 5.11 Å². The maximum absolute atomic E-state index is 10.8. The number of rotatable bonds is 3. The Bertz CT molecular complexity index is 273. The molecule has 0 radical (unpaired) electrons. The van der Waals surface area contributed by atoms with E-state index >= 15 is 0 Å². The van der Waals surface area contributed by atoms with Gasteiger partial charge in [0.05, 0.1) is 8.46 Å². The van der Waals surface area contributed by atoms with E-state index in [9.17, 15) is 4.57 Å². The van der Waals surface area contributed by atoms with Crippen molar-refractivity contribution in [3.8, 4) is 5.75 Å². The number of hydrogen-bond acceptors (Lipinski definition) is 2. The highest BCUT2D eigenvalue weighted by molar-refractivity contribution is 7.24. The highest BCUT2D eigenvalue weighted by Crippen LogP contribution is 2.31. The average molecular weight is 184 g/mol. The average Bonchev–Trinajstić information content (AvgIpc) is 2.07. The molecule has 0 spiro atoms. The van der Waals surface area contributed by atoms with E-state index in [1.807, 2.05) is 13.0 Å². The number of phenolic OH excluding ortho intramolecular Hbond substituents is 1. The molecule has 1 aromatic carbocycles. The second-order valence-corrected chi connectivity index (χ2v) is 3.82. The van der Waals surface area contributed by atoms with Crippen molar-refractivity contribution < 1.29 is 9.67 Å². The van der Waals surface area contributed by atoms with E-state index in [1.54, 1.807) is 18.2 Å². The molecule has 2 unspecified atom stereocenters. The first-order valence-corrected chi connectivity index (χ1v) is 5.16. The molecule has 12 heavy (non-hydrogen) atoms. The lowest BCUT2D eigenvalue weighted by molar-refractivity contribution is 0.474. The summed E-state index contributed by atoms with van der Waals surface area (Å²) >= 11 is 0. The van der Waals surface area contributed by atoms with Gasteiger partial charge in [-0.2, -0.15) is 0 Å². The van der Waals surface area contributed by atoms with Crippen LogP contribution in [0.3, 0.4) is 0 Å². The molecule has 0 fully saturated rings. The van der Waals surface area contributed by atoms with Gasteiger partial charge in [0, 0.05) is 5.66 Å². The van der Waals surface area contributed by atoms with Crippen molar-refractivity contribution in [2.45, 2.75) is 19.0 Å². The van der Waals surface area contributed by atoms with E-state index in [0.717, 1.165) is 12.0 Å².